The molecule has 1 aliphatic rings. The minimum absolute atomic E-state index is 0.0995. The Kier molecular flexibility index (Phi) is 5.01. The van der Waals surface area contributed by atoms with Crippen molar-refractivity contribution in [1.82, 2.24) is 4.31 Å². The smallest absolute Gasteiger partial charge is 0.244 e. The fourth-order valence-electron chi connectivity index (χ4n) is 2.26. The predicted octanol–water partition coefficient (Wildman–Crippen LogP) is 0.715. The van der Waals surface area contributed by atoms with Gasteiger partial charge < -0.3 is 10.5 Å². The van der Waals surface area contributed by atoms with Crippen LogP contribution < -0.4 is 5.73 Å². The molecule has 1 atom stereocenters. The van der Waals surface area contributed by atoms with E-state index in [1.165, 1.54) is 4.31 Å². The maximum Gasteiger partial charge on any atom is 0.244 e. The molecule has 0 radical (unpaired) electrons. The van der Waals surface area contributed by atoms with E-state index in [4.69, 9.17) is 10.5 Å². The van der Waals surface area contributed by atoms with Crippen molar-refractivity contribution in [3.05, 3.63) is 29.3 Å². The number of aryl methyl sites for hydroxylation is 1. The van der Waals surface area contributed by atoms with Gasteiger partial charge in [0.05, 0.1) is 24.2 Å². The highest BCUT2D eigenvalue weighted by Gasteiger charge is 2.30. The lowest BCUT2D eigenvalue weighted by Gasteiger charge is -2.30. The number of nitrogens with zero attached hydrogens (tertiary/aromatic N) is 1. The molecule has 1 aliphatic heterocycles. The molecule has 0 spiro atoms. The summed E-state index contributed by atoms with van der Waals surface area (Å²) in [7, 11) is -3.56. The van der Waals surface area contributed by atoms with Crippen LogP contribution in [-0.2, 0) is 14.8 Å². The second-order valence-electron chi connectivity index (χ2n) is 5.05. The molecule has 1 saturated heterocycles. The number of hydrogen-bond donors (Lipinski definition) is 1. The van der Waals surface area contributed by atoms with Gasteiger partial charge in [-0.2, -0.15) is 4.31 Å². The van der Waals surface area contributed by atoms with E-state index in [0.29, 0.717) is 25.3 Å². The number of sulfonamides is 1. The van der Waals surface area contributed by atoms with E-state index in [-0.39, 0.29) is 17.5 Å². The number of ether oxygens (including phenoxy) is 1. The van der Waals surface area contributed by atoms with Crippen LogP contribution in [0, 0.1) is 18.8 Å². The SMILES string of the molecule is Cc1ccc(S(=O)(=O)N2CCOC(C)C2)c(C#CCN)c1. The summed E-state index contributed by atoms with van der Waals surface area (Å²) in [6.07, 6.45) is -0.0995. The molecule has 5 nitrogen and oxygen atoms in total. The summed E-state index contributed by atoms with van der Waals surface area (Å²) in [4.78, 5) is 0.239. The second-order valence-corrected chi connectivity index (χ2v) is 6.96. The van der Waals surface area contributed by atoms with Crippen molar-refractivity contribution in [1.29, 1.82) is 0 Å². The lowest BCUT2D eigenvalue weighted by Crippen LogP contribution is -2.44. The van der Waals surface area contributed by atoms with Crippen LogP contribution in [0.3, 0.4) is 0 Å². The van der Waals surface area contributed by atoms with Crippen LogP contribution >= 0.6 is 0 Å². The third-order valence-electron chi connectivity index (χ3n) is 3.28. The fraction of sp³-hybridized carbons (Fsp3) is 0.467. The summed E-state index contributed by atoms with van der Waals surface area (Å²) in [6.45, 7) is 5.11. The molecular formula is C15H20N2O3S. The number of rotatable bonds is 2. The van der Waals surface area contributed by atoms with Gasteiger partial charge in [-0.3, -0.25) is 0 Å². The quantitative estimate of drug-likeness (QED) is 0.817. The topological polar surface area (TPSA) is 72.6 Å². The Morgan fingerprint density at radius 2 is 2.24 bits per heavy atom. The molecule has 114 valence electrons. The largest absolute Gasteiger partial charge is 0.376 e. The van der Waals surface area contributed by atoms with Crippen LogP contribution in [0.5, 0.6) is 0 Å². The number of morpholine rings is 1. The van der Waals surface area contributed by atoms with Crippen LogP contribution in [-0.4, -0.2) is 45.1 Å². The average Bonchev–Trinajstić information content (AvgIpc) is 2.45. The summed E-state index contributed by atoms with van der Waals surface area (Å²) < 4.78 is 32.5. The van der Waals surface area contributed by atoms with Crippen LogP contribution in [0.2, 0.25) is 0 Å². The van der Waals surface area contributed by atoms with Crippen molar-refractivity contribution in [2.24, 2.45) is 5.73 Å². The molecule has 1 aromatic carbocycles. The Bertz CT molecular complexity index is 674. The lowest BCUT2D eigenvalue weighted by atomic mass is 10.1. The Hall–Kier alpha value is -1.39. The fourth-order valence-corrected chi connectivity index (χ4v) is 3.88. The van der Waals surface area contributed by atoms with Crippen LogP contribution in [0.4, 0.5) is 0 Å². The van der Waals surface area contributed by atoms with Crippen molar-refractivity contribution in [2.45, 2.75) is 24.8 Å². The minimum Gasteiger partial charge on any atom is -0.376 e. The molecule has 1 unspecified atom stereocenters. The molecule has 1 aromatic rings. The summed E-state index contributed by atoms with van der Waals surface area (Å²) in [6, 6.07) is 5.18. The first-order valence-corrected chi connectivity index (χ1v) is 8.30. The first-order chi connectivity index (χ1) is 9.95. The maximum absolute atomic E-state index is 12.8. The number of benzene rings is 1. The molecule has 1 fully saturated rings. The molecule has 21 heavy (non-hydrogen) atoms. The molecule has 0 amide bonds. The second kappa shape index (κ2) is 6.58. The lowest BCUT2D eigenvalue weighted by molar-refractivity contribution is 0.0102. The Labute approximate surface area is 126 Å². The highest BCUT2D eigenvalue weighted by Crippen LogP contribution is 2.23. The van der Waals surface area contributed by atoms with Gasteiger partial charge in [-0.05, 0) is 31.5 Å². The summed E-state index contributed by atoms with van der Waals surface area (Å²) in [5, 5.41) is 0. The van der Waals surface area contributed by atoms with Gasteiger partial charge in [-0.15, -0.1) is 0 Å². The molecule has 0 aliphatic carbocycles. The highest BCUT2D eigenvalue weighted by molar-refractivity contribution is 7.89. The molecule has 0 bridgehead atoms. The van der Waals surface area contributed by atoms with E-state index < -0.39 is 10.0 Å². The van der Waals surface area contributed by atoms with Crippen LogP contribution in [0.15, 0.2) is 23.1 Å². The van der Waals surface area contributed by atoms with Gasteiger partial charge in [-0.25, -0.2) is 8.42 Å². The monoisotopic (exact) mass is 308 g/mol. The van der Waals surface area contributed by atoms with E-state index in [2.05, 4.69) is 11.8 Å². The molecule has 2 N–H and O–H groups in total. The van der Waals surface area contributed by atoms with Crippen molar-refractivity contribution in [3.63, 3.8) is 0 Å². The van der Waals surface area contributed by atoms with Gasteiger partial charge >= 0.3 is 0 Å². The molecule has 0 saturated carbocycles. The van der Waals surface area contributed by atoms with Crippen molar-refractivity contribution >= 4 is 10.0 Å². The van der Waals surface area contributed by atoms with Crippen molar-refractivity contribution in [2.75, 3.05) is 26.2 Å². The van der Waals surface area contributed by atoms with Crippen molar-refractivity contribution in [3.8, 4) is 11.8 Å². The third-order valence-corrected chi connectivity index (χ3v) is 5.21. The van der Waals surface area contributed by atoms with Gasteiger partial charge in [-0.1, -0.05) is 17.9 Å². The predicted molar refractivity (Wildman–Crippen MR) is 81.3 cm³/mol. The average molecular weight is 308 g/mol. The van der Waals surface area contributed by atoms with Crippen LogP contribution in [0.25, 0.3) is 0 Å². The Morgan fingerprint density at radius 1 is 1.48 bits per heavy atom. The first-order valence-electron chi connectivity index (χ1n) is 6.86. The zero-order chi connectivity index (χ0) is 15.5. The number of hydrogen-bond acceptors (Lipinski definition) is 4. The van der Waals surface area contributed by atoms with Gasteiger partial charge in [0.1, 0.15) is 0 Å². The van der Waals surface area contributed by atoms with Gasteiger partial charge in [0.25, 0.3) is 0 Å². The molecule has 1 heterocycles. The molecule has 0 aromatic heterocycles. The summed E-state index contributed by atoms with van der Waals surface area (Å²) in [5.74, 6) is 5.58. The molecule has 2 rings (SSSR count). The van der Waals surface area contributed by atoms with E-state index in [9.17, 15) is 8.42 Å². The summed E-state index contributed by atoms with van der Waals surface area (Å²) in [5.41, 5.74) is 6.85. The minimum atomic E-state index is -3.56. The molecular weight excluding hydrogens is 288 g/mol. The van der Waals surface area contributed by atoms with Gasteiger partial charge in [0.15, 0.2) is 0 Å². The standard InChI is InChI=1S/C15H20N2O3S/c1-12-5-6-15(14(10-12)4-3-7-16)21(18,19)17-8-9-20-13(2)11-17/h5-6,10,13H,7-9,11,16H2,1-2H3. The third kappa shape index (κ3) is 3.63. The highest BCUT2D eigenvalue weighted by atomic mass is 32.2. The van der Waals surface area contributed by atoms with Gasteiger partial charge in [0.2, 0.25) is 10.0 Å². The Morgan fingerprint density at radius 3 is 2.90 bits per heavy atom. The normalized spacial score (nSPS) is 19.9. The summed E-state index contributed by atoms with van der Waals surface area (Å²) >= 11 is 0. The zero-order valence-electron chi connectivity index (χ0n) is 12.3. The van der Waals surface area contributed by atoms with Crippen molar-refractivity contribution < 1.29 is 13.2 Å². The molecule has 6 heteroatoms. The van der Waals surface area contributed by atoms with E-state index in [0.717, 1.165) is 5.56 Å². The Balaban J connectivity index is 2.44. The maximum atomic E-state index is 12.8. The van der Waals surface area contributed by atoms with Gasteiger partial charge in [0, 0.05) is 18.7 Å². The number of nitrogens with two attached hydrogens (primary N) is 1. The van der Waals surface area contributed by atoms with Crippen LogP contribution in [0.1, 0.15) is 18.1 Å². The van der Waals surface area contributed by atoms with E-state index in [1.807, 2.05) is 13.8 Å². The first kappa shape index (κ1) is 16.0. The zero-order valence-corrected chi connectivity index (χ0v) is 13.1. The van der Waals surface area contributed by atoms with E-state index >= 15 is 0 Å². The van der Waals surface area contributed by atoms with E-state index in [1.54, 1.807) is 18.2 Å².